The Morgan fingerprint density at radius 1 is 0.191 bits per heavy atom. The number of pyridine rings is 1. The van der Waals surface area contributed by atoms with Crippen LogP contribution in [0.5, 0.6) is 0 Å². The number of rotatable bonds is 9. The normalized spacial score (nSPS) is 11.2. The van der Waals surface area contributed by atoms with E-state index in [4.69, 9.17) is 34.9 Å². The summed E-state index contributed by atoms with van der Waals surface area (Å²) < 4.78 is 0. The first-order valence-electron chi connectivity index (χ1n) is 22.6. The lowest BCUT2D eigenvalue weighted by molar-refractivity contribution is 1.14. The largest absolute Gasteiger partial charge is 0.248 e. The van der Waals surface area contributed by atoms with Crippen molar-refractivity contribution < 1.29 is 0 Å². The summed E-state index contributed by atoms with van der Waals surface area (Å²) in [6, 6.07) is 80.5. The summed E-state index contributed by atoms with van der Waals surface area (Å²) >= 11 is 0. The van der Waals surface area contributed by atoms with Crippen LogP contribution in [0.1, 0.15) is 0 Å². The molecule has 0 bridgehead atoms. The van der Waals surface area contributed by atoms with Gasteiger partial charge in [-0.05, 0) is 53.6 Å². The van der Waals surface area contributed by atoms with Gasteiger partial charge in [-0.1, -0.05) is 194 Å². The SMILES string of the molecule is c1ccc(-c2cc(-c3nc(-c4ccccc4)nc4ccccc34)cc(-c3cccc(-c4cccc(-c5cc(-c6ccccc6)nc(-c6nc(-c7ccccc7)nc7ccccc67)n5)c4)c3)n2)cc1. The van der Waals surface area contributed by atoms with Gasteiger partial charge in [0.25, 0.3) is 0 Å². The van der Waals surface area contributed by atoms with E-state index in [-0.39, 0.29) is 0 Å². The summed E-state index contributed by atoms with van der Waals surface area (Å²) in [7, 11) is 0. The molecule has 0 unspecified atom stereocenters. The van der Waals surface area contributed by atoms with E-state index in [1.165, 1.54) is 0 Å². The zero-order valence-electron chi connectivity index (χ0n) is 36.6. The third-order valence-electron chi connectivity index (χ3n) is 12.1. The first kappa shape index (κ1) is 40.2. The molecule has 4 aromatic heterocycles. The van der Waals surface area contributed by atoms with Gasteiger partial charge in [-0.25, -0.2) is 34.9 Å². The Labute approximate surface area is 393 Å². The zero-order chi connectivity index (χ0) is 45.2. The lowest BCUT2D eigenvalue weighted by Crippen LogP contribution is -2.01. The van der Waals surface area contributed by atoms with E-state index in [1.807, 2.05) is 121 Å². The topological polar surface area (TPSA) is 90.2 Å². The molecule has 7 nitrogen and oxygen atoms in total. The van der Waals surface area contributed by atoms with Gasteiger partial charge in [0, 0.05) is 49.7 Å². The molecule has 12 rings (SSSR count). The molecule has 0 aliphatic heterocycles. The number of para-hydroxylation sites is 2. The molecule has 4 heterocycles. The molecule has 0 saturated heterocycles. The summed E-state index contributed by atoms with van der Waals surface area (Å²) in [5, 5.41) is 1.85. The number of hydrogen-bond donors (Lipinski definition) is 0. The lowest BCUT2D eigenvalue weighted by atomic mass is 9.97. The third kappa shape index (κ3) is 7.95. The predicted molar refractivity (Wildman–Crippen MR) is 275 cm³/mol. The van der Waals surface area contributed by atoms with Crippen LogP contribution in [0.25, 0.3) is 124 Å². The summed E-state index contributed by atoms with van der Waals surface area (Å²) in [6.45, 7) is 0. The molecule has 0 amide bonds. The Hall–Kier alpha value is -9.33. The second-order valence-electron chi connectivity index (χ2n) is 16.5. The number of hydrogen-bond acceptors (Lipinski definition) is 7. The zero-order valence-corrected chi connectivity index (χ0v) is 36.6. The minimum Gasteiger partial charge on any atom is -0.248 e. The van der Waals surface area contributed by atoms with Crippen LogP contribution in [-0.4, -0.2) is 34.9 Å². The smallest absolute Gasteiger partial charge is 0.180 e. The first-order chi connectivity index (χ1) is 33.7. The molecule has 12 aromatic rings. The Morgan fingerprint density at radius 3 is 1.07 bits per heavy atom. The van der Waals surface area contributed by atoms with Crippen molar-refractivity contribution in [3.8, 4) is 102 Å². The van der Waals surface area contributed by atoms with Gasteiger partial charge in [-0.2, -0.15) is 0 Å². The Morgan fingerprint density at radius 2 is 0.559 bits per heavy atom. The second kappa shape index (κ2) is 17.6. The molecule has 0 radical (unpaired) electrons. The fourth-order valence-electron chi connectivity index (χ4n) is 8.72. The highest BCUT2D eigenvalue weighted by Crippen LogP contribution is 2.37. The minimum atomic E-state index is 0.525. The van der Waals surface area contributed by atoms with Crippen LogP contribution in [0.15, 0.2) is 237 Å². The molecule has 0 saturated carbocycles. The first-order valence-corrected chi connectivity index (χ1v) is 22.6. The summed E-state index contributed by atoms with van der Waals surface area (Å²) in [5.74, 6) is 1.82. The van der Waals surface area contributed by atoms with E-state index in [9.17, 15) is 0 Å². The average Bonchev–Trinajstić information content (AvgIpc) is 3.43. The minimum absolute atomic E-state index is 0.525. The Balaban J connectivity index is 0.979. The number of aromatic nitrogens is 7. The standard InChI is InChI=1S/C61H39N7/c1-5-19-40(20-6-1)53-37-48(57-49-31-13-15-33-51(49)63-59(67-57)42-23-9-3-10-24-42)38-54(62-53)46-29-17-27-44(35-46)45-28-18-30-47(36-45)56-39-55(41-21-7-2-8-22-41)65-61(66-56)58-50-32-14-16-34-52(50)64-60(68-58)43-25-11-4-12-26-43/h1-39H. The van der Waals surface area contributed by atoms with E-state index in [1.54, 1.807) is 0 Å². The Bertz CT molecular complexity index is 3540. The molecule has 7 heteroatoms. The molecule has 0 aliphatic carbocycles. The van der Waals surface area contributed by atoms with Crippen molar-refractivity contribution in [1.29, 1.82) is 0 Å². The monoisotopic (exact) mass is 869 g/mol. The van der Waals surface area contributed by atoms with Crippen molar-refractivity contribution in [2.24, 2.45) is 0 Å². The van der Waals surface area contributed by atoms with Crippen LogP contribution in [-0.2, 0) is 0 Å². The van der Waals surface area contributed by atoms with E-state index >= 15 is 0 Å². The maximum absolute atomic E-state index is 5.31. The molecule has 8 aromatic carbocycles. The van der Waals surface area contributed by atoms with Gasteiger partial charge in [0.1, 0.15) is 5.69 Å². The van der Waals surface area contributed by atoms with Crippen LogP contribution in [0.4, 0.5) is 0 Å². The highest BCUT2D eigenvalue weighted by atomic mass is 15.0. The molecular weight excluding hydrogens is 831 g/mol. The van der Waals surface area contributed by atoms with E-state index in [2.05, 4.69) is 115 Å². The van der Waals surface area contributed by atoms with E-state index in [0.29, 0.717) is 23.2 Å². The maximum atomic E-state index is 5.31. The van der Waals surface area contributed by atoms with Crippen molar-refractivity contribution in [2.75, 3.05) is 0 Å². The molecule has 68 heavy (non-hydrogen) atoms. The maximum Gasteiger partial charge on any atom is 0.180 e. The molecule has 0 fully saturated rings. The van der Waals surface area contributed by atoms with Crippen LogP contribution >= 0.6 is 0 Å². The van der Waals surface area contributed by atoms with E-state index in [0.717, 1.165) is 100 Å². The summed E-state index contributed by atoms with van der Waals surface area (Å²) in [6.07, 6.45) is 0. The van der Waals surface area contributed by atoms with Crippen molar-refractivity contribution in [2.45, 2.75) is 0 Å². The van der Waals surface area contributed by atoms with E-state index < -0.39 is 0 Å². The van der Waals surface area contributed by atoms with Gasteiger partial charge in [-0.3, -0.25) is 0 Å². The summed E-state index contributed by atoms with van der Waals surface area (Å²) in [4.78, 5) is 36.1. The highest BCUT2D eigenvalue weighted by Gasteiger charge is 2.19. The summed E-state index contributed by atoms with van der Waals surface area (Å²) in [5.41, 5.74) is 15.4. The molecule has 0 aliphatic rings. The second-order valence-corrected chi connectivity index (χ2v) is 16.5. The van der Waals surface area contributed by atoms with Gasteiger partial charge in [0.05, 0.1) is 39.5 Å². The van der Waals surface area contributed by atoms with Crippen LogP contribution in [0.2, 0.25) is 0 Å². The quantitative estimate of drug-likeness (QED) is 0.143. The molecule has 0 atom stereocenters. The van der Waals surface area contributed by atoms with Crippen LogP contribution in [0.3, 0.4) is 0 Å². The third-order valence-corrected chi connectivity index (χ3v) is 12.1. The Kier molecular flexibility index (Phi) is 10.4. The fraction of sp³-hybridized carbons (Fsp3) is 0. The lowest BCUT2D eigenvalue weighted by Gasteiger charge is -2.14. The van der Waals surface area contributed by atoms with Crippen molar-refractivity contribution >= 4 is 21.8 Å². The van der Waals surface area contributed by atoms with Gasteiger partial charge in [0.2, 0.25) is 0 Å². The van der Waals surface area contributed by atoms with Gasteiger partial charge in [0.15, 0.2) is 17.5 Å². The van der Waals surface area contributed by atoms with Gasteiger partial charge in [-0.15, -0.1) is 0 Å². The number of nitrogens with zero attached hydrogens (tertiary/aromatic N) is 7. The molecule has 0 N–H and O–H groups in total. The van der Waals surface area contributed by atoms with Crippen molar-refractivity contribution in [3.63, 3.8) is 0 Å². The molecule has 0 spiro atoms. The predicted octanol–water partition coefficient (Wildman–Crippen LogP) is 14.8. The van der Waals surface area contributed by atoms with Crippen LogP contribution < -0.4 is 0 Å². The number of fused-ring (bicyclic) bond motifs is 2. The average molecular weight is 870 g/mol. The van der Waals surface area contributed by atoms with Crippen molar-refractivity contribution in [1.82, 2.24) is 34.9 Å². The molecular formula is C61H39N7. The van der Waals surface area contributed by atoms with Crippen molar-refractivity contribution in [3.05, 3.63) is 237 Å². The van der Waals surface area contributed by atoms with Gasteiger partial charge >= 0.3 is 0 Å². The number of benzene rings is 8. The van der Waals surface area contributed by atoms with Gasteiger partial charge < -0.3 is 0 Å². The highest BCUT2D eigenvalue weighted by molar-refractivity contribution is 5.96. The van der Waals surface area contributed by atoms with Crippen LogP contribution in [0, 0.1) is 0 Å². The fourth-order valence-corrected chi connectivity index (χ4v) is 8.72. The molecule has 318 valence electrons.